The summed E-state index contributed by atoms with van der Waals surface area (Å²) >= 11 is 0. The van der Waals surface area contributed by atoms with Gasteiger partial charge >= 0.3 is 0 Å². The van der Waals surface area contributed by atoms with Crippen LogP contribution in [0.5, 0.6) is 0 Å². The van der Waals surface area contributed by atoms with Gasteiger partial charge in [0.2, 0.25) is 0 Å². The molecule has 0 amide bonds. The Labute approximate surface area is 226 Å². The van der Waals surface area contributed by atoms with Gasteiger partial charge < -0.3 is 10.3 Å². The zero-order chi connectivity index (χ0) is 26.9. The monoisotopic (exact) mass is 508 g/mol. The highest BCUT2D eigenvalue weighted by atomic mass is 16.1. The number of allylic oxidation sites excluding steroid dienone is 1. The number of aromatic amines is 1. The van der Waals surface area contributed by atoms with E-state index in [1.807, 2.05) is 33.2 Å². The summed E-state index contributed by atoms with van der Waals surface area (Å²) in [7, 11) is 0. The first-order valence-corrected chi connectivity index (χ1v) is 14.0. The number of imidazole rings is 1. The Kier molecular flexibility index (Phi) is 7.49. The van der Waals surface area contributed by atoms with E-state index in [2.05, 4.69) is 77.7 Å². The molecule has 2 aliphatic heterocycles. The number of hydrogen-bond acceptors (Lipinski definition) is 4. The topological polar surface area (TPSA) is 70.1 Å². The zero-order valence-corrected chi connectivity index (χ0v) is 23.3. The van der Waals surface area contributed by atoms with Crippen LogP contribution in [0.1, 0.15) is 77.6 Å². The number of Topliss-reactive ketones (excluding diaryl/α,β-unsaturated/α-hetero) is 1. The number of hydrogen-bond donors (Lipinski definition) is 2. The van der Waals surface area contributed by atoms with Crippen LogP contribution in [0.2, 0.25) is 0 Å². The van der Waals surface area contributed by atoms with Crippen LogP contribution in [-0.2, 0) is 4.79 Å². The maximum absolute atomic E-state index is 12.7. The molecule has 0 saturated carbocycles. The average molecular weight is 509 g/mol. The number of aliphatic imine (C=N–C) groups is 1. The van der Waals surface area contributed by atoms with Crippen molar-refractivity contribution in [2.45, 2.75) is 72.3 Å². The highest BCUT2D eigenvalue weighted by Crippen LogP contribution is 2.33. The van der Waals surface area contributed by atoms with Crippen molar-refractivity contribution in [3.8, 4) is 22.4 Å². The van der Waals surface area contributed by atoms with E-state index in [4.69, 9.17) is 4.99 Å². The van der Waals surface area contributed by atoms with Gasteiger partial charge in [-0.2, -0.15) is 0 Å². The van der Waals surface area contributed by atoms with E-state index in [0.29, 0.717) is 18.4 Å². The molecule has 198 valence electrons. The van der Waals surface area contributed by atoms with E-state index in [1.54, 1.807) is 0 Å². The van der Waals surface area contributed by atoms with Crippen molar-refractivity contribution in [1.82, 2.24) is 15.3 Å². The van der Waals surface area contributed by atoms with Crippen molar-refractivity contribution in [2.24, 2.45) is 16.3 Å². The van der Waals surface area contributed by atoms with Crippen molar-refractivity contribution < 1.29 is 4.79 Å². The number of benzene rings is 2. The third kappa shape index (κ3) is 5.73. The van der Waals surface area contributed by atoms with E-state index in [0.717, 1.165) is 30.0 Å². The van der Waals surface area contributed by atoms with Crippen LogP contribution in [0.15, 0.2) is 65.9 Å². The second-order valence-electron chi connectivity index (χ2n) is 12.2. The summed E-state index contributed by atoms with van der Waals surface area (Å²) < 4.78 is 0. The second-order valence-corrected chi connectivity index (χ2v) is 12.2. The van der Waals surface area contributed by atoms with E-state index in [9.17, 15) is 4.79 Å². The maximum Gasteiger partial charge on any atom is 0.138 e. The van der Waals surface area contributed by atoms with Gasteiger partial charge in [-0.15, -0.1) is 0 Å². The SMILES string of the molecule is CC(C)[C@H](CC(=O)C(C)(C)C)c1ncc(-c2ccc(-c3ccc(C4=CN=C([C@@H]5CCCN5)C4)cc3)cc2)[nH]1. The summed E-state index contributed by atoms with van der Waals surface area (Å²) in [6, 6.07) is 17.9. The number of nitrogens with zero attached hydrogens (tertiary/aromatic N) is 2. The Morgan fingerprint density at radius 2 is 1.61 bits per heavy atom. The fourth-order valence-electron chi connectivity index (χ4n) is 5.35. The summed E-state index contributed by atoms with van der Waals surface area (Å²) in [4.78, 5) is 25.6. The van der Waals surface area contributed by atoms with Gasteiger partial charge in [0.25, 0.3) is 0 Å². The van der Waals surface area contributed by atoms with Gasteiger partial charge in [-0.05, 0) is 53.1 Å². The molecule has 2 aromatic carbocycles. The van der Waals surface area contributed by atoms with Gasteiger partial charge in [-0.25, -0.2) is 4.98 Å². The average Bonchev–Trinajstić information content (AvgIpc) is 3.68. The fraction of sp³-hybridized carbons (Fsp3) is 0.424. The third-order valence-corrected chi connectivity index (χ3v) is 8.00. The molecule has 0 spiro atoms. The molecule has 3 heterocycles. The Morgan fingerprint density at radius 3 is 2.18 bits per heavy atom. The third-order valence-electron chi connectivity index (χ3n) is 8.00. The Balaban J connectivity index is 1.25. The van der Waals surface area contributed by atoms with Crippen LogP contribution in [0.4, 0.5) is 0 Å². The molecular weight excluding hydrogens is 468 g/mol. The molecule has 0 aliphatic carbocycles. The lowest BCUT2D eigenvalue weighted by Crippen LogP contribution is -2.29. The highest BCUT2D eigenvalue weighted by Gasteiger charge is 2.29. The minimum atomic E-state index is -0.339. The van der Waals surface area contributed by atoms with Crippen molar-refractivity contribution in [1.29, 1.82) is 0 Å². The van der Waals surface area contributed by atoms with Gasteiger partial charge in [-0.1, -0.05) is 83.1 Å². The standard InChI is InChI=1S/C33H40N4O/c1-21(2)27(18-31(38)33(3,4)5)32-36-20-30(37-32)25-14-12-23(13-15-25)22-8-10-24(11-9-22)26-17-29(35-19-26)28-7-6-16-34-28/h8-15,19-21,27-28,34H,6-7,16-18H2,1-5H3,(H,36,37)/t27-,28-/m0/s1. The molecule has 3 aromatic rings. The smallest absolute Gasteiger partial charge is 0.138 e. The highest BCUT2D eigenvalue weighted by molar-refractivity contribution is 6.01. The number of carbonyl (C=O) groups is 1. The number of aromatic nitrogens is 2. The Hall–Kier alpha value is -3.31. The van der Waals surface area contributed by atoms with Gasteiger partial charge in [0.1, 0.15) is 11.6 Å². The lowest BCUT2D eigenvalue weighted by Gasteiger charge is -2.23. The number of nitrogens with one attached hydrogen (secondary N) is 2. The van der Waals surface area contributed by atoms with E-state index < -0.39 is 0 Å². The molecule has 38 heavy (non-hydrogen) atoms. The second kappa shape index (κ2) is 10.8. The molecule has 1 aromatic heterocycles. The Bertz CT molecular complexity index is 1330. The quantitative estimate of drug-likeness (QED) is 0.332. The van der Waals surface area contributed by atoms with Crippen LogP contribution in [-0.4, -0.2) is 34.0 Å². The van der Waals surface area contributed by atoms with Crippen LogP contribution < -0.4 is 5.32 Å². The number of ketones is 1. The number of carbonyl (C=O) groups excluding carboxylic acids is 1. The van der Waals surface area contributed by atoms with Gasteiger partial charge in [-0.3, -0.25) is 9.79 Å². The van der Waals surface area contributed by atoms with Crippen molar-refractivity contribution in [3.05, 3.63) is 72.3 Å². The fourth-order valence-corrected chi connectivity index (χ4v) is 5.35. The lowest BCUT2D eigenvalue weighted by atomic mass is 9.81. The molecule has 1 saturated heterocycles. The largest absolute Gasteiger partial charge is 0.342 e. The van der Waals surface area contributed by atoms with E-state index in [1.165, 1.54) is 40.8 Å². The van der Waals surface area contributed by atoms with Crippen LogP contribution in [0, 0.1) is 11.3 Å². The van der Waals surface area contributed by atoms with Crippen LogP contribution in [0.25, 0.3) is 28.0 Å². The molecule has 2 N–H and O–H groups in total. The van der Waals surface area contributed by atoms with Crippen molar-refractivity contribution in [2.75, 3.05) is 6.54 Å². The minimum absolute atomic E-state index is 0.0825. The number of rotatable bonds is 8. The molecule has 2 atom stereocenters. The predicted octanol–water partition coefficient (Wildman–Crippen LogP) is 7.43. The van der Waals surface area contributed by atoms with Gasteiger partial charge in [0.15, 0.2) is 0 Å². The van der Waals surface area contributed by atoms with Gasteiger partial charge in [0.05, 0.1) is 11.9 Å². The summed E-state index contributed by atoms with van der Waals surface area (Å²) in [6.07, 6.45) is 7.82. The Morgan fingerprint density at radius 1 is 0.974 bits per heavy atom. The van der Waals surface area contributed by atoms with E-state index in [-0.39, 0.29) is 17.1 Å². The first-order chi connectivity index (χ1) is 18.2. The summed E-state index contributed by atoms with van der Waals surface area (Å²) in [5, 5.41) is 3.56. The first kappa shape index (κ1) is 26.3. The van der Waals surface area contributed by atoms with Crippen LogP contribution >= 0.6 is 0 Å². The van der Waals surface area contributed by atoms with E-state index >= 15 is 0 Å². The number of H-pyrrole nitrogens is 1. The minimum Gasteiger partial charge on any atom is -0.342 e. The van der Waals surface area contributed by atoms with Crippen molar-refractivity contribution in [3.63, 3.8) is 0 Å². The lowest BCUT2D eigenvalue weighted by molar-refractivity contribution is -0.127. The molecule has 5 nitrogen and oxygen atoms in total. The normalized spacial score (nSPS) is 18.5. The van der Waals surface area contributed by atoms with Crippen LogP contribution in [0.3, 0.4) is 0 Å². The molecule has 0 bridgehead atoms. The molecule has 0 unspecified atom stereocenters. The molecular formula is C33H40N4O. The maximum atomic E-state index is 12.7. The molecule has 0 radical (unpaired) electrons. The summed E-state index contributed by atoms with van der Waals surface area (Å²) in [5.74, 6) is 1.57. The summed E-state index contributed by atoms with van der Waals surface area (Å²) in [6.45, 7) is 11.4. The summed E-state index contributed by atoms with van der Waals surface area (Å²) in [5.41, 5.74) is 7.94. The first-order valence-electron chi connectivity index (χ1n) is 14.0. The zero-order valence-electron chi connectivity index (χ0n) is 23.3. The molecule has 2 aliphatic rings. The van der Waals surface area contributed by atoms with Crippen molar-refractivity contribution >= 4 is 17.1 Å². The molecule has 5 heteroatoms. The molecule has 1 fully saturated rings. The van der Waals surface area contributed by atoms with Gasteiger partial charge in [0, 0.05) is 42.1 Å². The molecule has 5 rings (SSSR count). The predicted molar refractivity (Wildman–Crippen MR) is 157 cm³/mol.